The minimum atomic E-state index is -3.68. The summed E-state index contributed by atoms with van der Waals surface area (Å²) in [6, 6.07) is 10.6. The van der Waals surface area contributed by atoms with Gasteiger partial charge in [-0.3, -0.25) is 4.79 Å². The van der Waals surface area contributed by atoms with Crippen molar-refractivity contribution in [3.63, 3.8) is 0 Å². The number of carbonyl (C=O) groups is 1. The second kappa shape index (κ2) is 7.92. The van der Waals surface area contributed by atoms with Crippen LogP contribution in [0.1, 0.15) is 23.3 Å². The smallest absolute Gasteiger partial charge is 0.270 e. The Kier molecular flexibility index (Phi) is 5.63. The molecule has 1 saturated heterocycles. The molecule has 1 fully saturated rings. The first-order valence-corrected chi connectivity index (χ1v) is 10.0. The number of nitrogens with one attached hydrogen (secondary N) is 1. The quantitative estimate of drug-likeness (QED) is 0.799. The molecule has 2 aromatic rings. The second-order valence-electron chi connectivity index (χ2n) is 6.24. The van der Waals surface area contributed by atoms with Crippen LogP contribution in [-0.2, 0) is 10.0 Å². The number of ether oxygens (including phenoxy) is 1. The molecule has 1 aliphatic rings. The van der Waals surface area contributed by atoms with Crippen molar-refractivity contribution in [2.24, 2.45) is 0 Å². The van der Waals surface area contributed by atoms with E-state index >= 15 is 0 Å². The number of para-hydroxylation sites is 1. The summed E-state index contributed by atoms with van der Waals surface area (Å²) in [5, 5.41) is 0. The lowest BCUT2D eigenvalue weighted by molar-refractivity contribution is 0.0787. The number of aromatic nitrogens is 1. The molecule has 0 aliphatic carbocycles. The van der Waals surface area contributed by atoms with Crippen molar-refractivity contribution in [2.75, 3.05) is 33.3 Å². The molecule has 0 bridgehead atoms. The van der Waals surface area contributed by atoms with E-state index in [2.05, 4.69) is 4.98 Å². The van der Waals surface area contributed by atoms with Crippen molar-refractivity contribution in [3.05, 3.63) is 48.3 Å². The van der Waals surface area contributed by atoms with Gasteiger partial charge in [-0.1, -0.05) is 18.2 Å². The molecular formula is C18H23N3O4S. The van der Waals surface area contributed by atoms with Gasteiger partial charge in [0, 0.05) is 32.9 Å². The number of likely N-dealkylation sites (tertiary alicyclic amines) is 1. The molecule has 1 aromatic heterocycles. The zero-order chi connectivity index (χ0) is 18.6. The number of amides is 1. The zero-order valence-corrected chi connectivity index (χ0v) is 15.5. The largest absolute Gasteiger partial charge is 0.492 e. The summed E-state index contributed by atoms with van der Waals surface area (Å²) < 4.78 is 32.1. The predicted octanol–water partition coefficient (Wildman–Crippen LogP) is 1.95. The van der Waals surface area contributed by atoms with Gasteiger partial charge in [0.05, 0.1) is 0 Å². The van der Waals surface area contributed by atoms with E-state index in [0.717, 1.165) is 25.9 Å². The van der Waals surface area contributed by atoms with Gasteiger partial charge in [0.2, 0.25) is 10.0 Å². The second-order valence-corrected chi connectivity index (χ2v) is 8.28. The Morgan fingerprint density at radius 1 is 1.23 bits per heavy atom. The van der Waals surface area contributed by atoms with Crippen LogP contribution in [0.2, 0.25) is 0 Å². The van der Waals surface area contributed by atoms with Gasteiger partial charge in [0.1, 0.15) is 22.9 Å². The molecule has 1 aromatic carbocycles. The van der Waals surface area contributed by atoms with Gasteiger partial charge in [0.25, 0.3) is 5.91 Å². The highest BCUT2D eigenvalue weighted by Gasteiger charge is 2.26. The van der Waals surface area contributed by atoms with Crippen molar-refractivity contribution in [2.45, 2.75) is 17.7 Å². The molecular weight excluding hydrogens is 354 g/mol. The molecule has 2 heterocycles. The molecule has 0 unspecified atom stereocenters. The molecule has 8 heteroatoms. The monoisotopic (exact) mass is 377 g/mol. The summed E-state index contributed by atoms with van der Waals surface area (Å²) in [5.74, 6) is 0.539. The maximum absolute atomic E-state index is 12.7. The van der Waals surface area contributed by atoms with E-state index < -0.39 is 10.0 Å². The van der Waals surface area contributed by atoms with Crippen LogP contribution in [0.3, 0.4) is 0 Å². The Hall–Kier alpha value is -2.32. The number of aromatic amines is 1. The third-order valence-electron chi connectivity index (χ3n) is 4.41. The normalized spacial score (nSPS) is 14.8. The summed E-state index contributed by atoms with van der Waals surface area (Å²) in [6.07, 6.45) is 3.34. The average molecular weight is 377 g/mol. The highest BCUT2D eigenvalue weighted by molar-refractivity contribution is 7.89. The summed E-state index contributed by atoms with van der Waals surface area (Å²) in [6.45, 7) is 1.88. The number of H-pyrrole nitrogens is 1. The van der Waals surface area contributed by atoms with Gasteiger partial charge in [-0.15, -0.1) is 0 Å². The first-order valence-electron chi connectivity index (χ1n) is 8.60. The van der Waals surface area contributed by atoms with Gasteiger partial charge in [0.15, 0.2) is 0 Å². The van der Waals surface area contributed by atoms with Crippen LogP contribution in [0.15, 0.2) is 47.5 Å². The van der Waals surface area contributed by atoms with Crippen molar-refractivity contribution >= 4 is 15.9 Å². The number of likely N-dealkylation sites (N-methyl/N-ethyl adjacent to an activating group) is 1. The van der Waals surface area contributed by atoms with Gasteiger partial charge in [-0.05, 0) is 31.0 Å². The SMILES string of the molecule is CN(CCOc1ccccc1)S(=O)(=O)c1c[nH]c(C(=O)N2CCCC2)c1. The predicted molar refractivity (Wildman–Crippen MR) is 97.7 cm³/mol. The highest BCUT2D eigenvalue weighted by atomic mass is 32.2. The van der Waals surface area contributed by atoms with Crippen molar-refractivity contribution in [3.8, 4) is 5.75 Å². The average Bonchev–Trinajstić information content (AvgIpc) is 3.34. The summed E-state index contributed by atoms with van der Waals surface area (Å²) in [4.78, 5) is 17.0. The molecule has 3 rings (SSSR count). The van der Waals surface area contributed by atoms with Crippen LogP contribution < -0.4 is 4.74 Å². The highest BCUT2D eigenvalue weighted by Crippen LogP contribution is 2.18. The molecule has 140 valence electrons. The Morgan fingerprint density at radius 2 is 1.92 bits per heavy atom. The Balaban J connectivity index is 1.61. The lowest BCUT2D eigenvalue weighted by atomic mass is 10.3. The molecule has 0 atom stereocenters. The third kappa shape index (κ3) is 4.08. The van der Waals surface area contributed by atoms with E-state index in [1.54, 1.807) is 4.90 Å². The van der Waals surface area contributed by atoms with E-state index in [1.165, 1.54) is 23.6 Å². The Bertz CT molecular complexity index is 842. The van der Waals surface area contributed by atoms with Crippen molar-refractivity contribution in [1.82, 2.24) is 14.2 Å². The van der Waals surface area contributed by atoms with Crippen LogP contribution >= 0.6 is 0 Å². The lowest BCUT2D eigenvalue weighted by Gasteiger charge is -2.16. The number of carbonyl (C=O) groups excluding carboxylic acids is 1. The molecule has 26 heavy (non-hydrogen) atoms. The molecule has 0 spiro atoms. The lowest BCUT2D eigenvalue weighted by Crippen LogP contribution is -2.31. The van der Waals surface area contributed by atoms with Crippen LogP contribution in [-0.4, -0.2) is 61.8 Å². The van der Waals surface area contributed by atoms with Gasteiger partial charge < -0.3 is 14.6 Å². The fraction of sp³-hybridized carbons (Fsp3) is 0.389. The van der Waals surface area contributed by atoms with E-state index in [1.807, 2.05) is 30.3 Å². The first kappa shape index (κ1) is 18.5. The minimum absolute atomic E-state index is 0.0854. The maximum Gasteiger partial charge on any atom is 0.270 e. The molecule has 1 amide bonds. The number of nitrogens with zero attached hydrogens (tertiary/aromatic N) is 2. The summed E-state index contributed by atoms with van der Waals surface area (Å²) in [7, 11) is -2.18. The summed E-state index contributed by atoms with van der Waals surface area (Å²) >= 11 is 0. The molecule has 1 N–H and O–H groups in total. The molecule has 0 radical (unpaired) electrons. The van der Waals surface area contributed by atoms with Crippen molar-refractivity contribution < 1.29 is 17.9 Å². The fourth-order valence-corrected chi connectivity index (χ4v) is 4.00. The van der Waals surface area contributed by atoms with Crippen LogP contribution in [0.5, 0.6) is 5.75 Å². The third-order valence-corrected chi connectivity index (χ3v) is 6.24. The summed E-state index contributed by atoms with van der Waals surface area (Å²) in [5.41, 5.74) is 0.305. The fourth-order valence-electron chi connectivity index (χ4n) is 2.85. The van der Waals surface area contributed by atoms with Crippen LogP contribution in [0.25, 0.3) is 0 Å². The minimum Gasteiger partial charge on any atom is -0.492 e. The van der Waals surface area contributed by atoms with Crippen molar-refractivity contribution in [1.29, 1.82) is 0 Å². The number of hydrogen-bond donors (Lipinski definition) is 1. The maximum atomic E-state index is 12.7. The standard InChI is InChI=1S/C18H23N3O4S/c1-20(11-12-25-15-7-3-2-4-8-15)26(23,24)16-13-17(19-14-16)18(22)21-9-5-6-10-21/h2-4,7-8,13-14,19H,5-6,9-12H2,1H3. The van der Waals surface area contributed by atoms with Crippen LogP contribution in [0, 0.1) is 0 Å². The van der Waals surface area contributed by atoms with Gasteiger partial charge in [-0.2, -0.15) is 4.31 Å². The zero-order valence-electron chi connectivity index (χ0n) is 14.7. The molecule has 7 nitrogen and oxygen atoms in total. The van der Waals surface area contributed by atoms with Crippen LogP contribution in [0.4, 0.5) is 0 Å². The topological polar surface area (TPSA) is 82.7 Å². The molecule has 1 aliphatic heterocycles. The number of rotatable bonds is 7. The first-order chi connectivity index (χ1) is 12.5. The number of sulfonamides is 1. The van der Waals surface area contributed by atoms with E-state index in [0.29, 0.717) is 11.4 Å². The number of benzene rings is 1. The Morgan fingerprint density at radius 3 is 2.62 bits per heavy atom. The Labute approximate surface area is 153 Å². The van der Waals surface area contributed by atoms with Gasteiger partial charge >= 0.3 is 0 Å². The van der Waals surface area contributed by atoms with E-state index in [9.17, 15) is 13.2 Å². The van der Waals surface area contributed by atoms with Gasteiger partial charge in [-0.25, -0.2) is 8.42 Å². The number of hydrogen-bond acceptors (Lipinski definition) is 4. The van der Waals surface area contributed by atoms with E-state index in [-0.39, 0.29) is 24.0 Å². The molecule has 0 saturated carbocycles. The van der Waals surface area contributed by atoms with E-state index in [4.69, 9.17) is 4.74 Å².